The van der Waals surface area contributed by atoms with Crippen molar-refractivity contribution in [2.24, 2.45) is 0 Å². The SMILES string of the molecule is c1ccc(C2(c3ccc(-c4ccc(-n5c6ccccc6c6ccccc65)cc4)cc3)c3ccccc3-c3ccccc32)cc1. The van der Waals surface area contributed by atoms with E-state index in [2.05, 4.69) is 180 Å². The third-order valence-electron chi connectivity index (χ3n) is 9.52. The van der Waals surface area contributed by atoms with Crippen molar-refractivity contribution < 1.29 is 0 Å². The van der Waals surface area contributed by atoms with E-state index in [-0.39, 0.29) is 5.41 Å². The first-order valence-electron chi connectivity index (χ1n) is 15.3. The van der Waals surface area contributed by atoms with Crippen LogP contribution < -0.4 is 0 Å². The Bertz CT molecular complexity index is 2210. The maximum absolute atomic E-state index is 2.37. The van der Waals surface area contributed by atoms with Crippen molar-refractivity contribution in [3.8, 4) is 27.9 Å². The quantitative estimate of drug-likeness (QED) is 0.202. The lowest BCUT2D eigenvalue weighted by atomic mass is 9.67. The largest absolute Gasteiger partial charge is 0.309 e. The summed E-state index contributed by atoms with van der Waals surface area (Å²) in [7, 11) is 0. The van der Waals surface area contributed by atoms with Crippen LogP contribution in [0.2, 0.25) is 0 Å². The Kier molecular flexibility index (Phi) is 5.48. The lowest BCUT2D eigenvalue weighted by Gasteiger charge is -2.34. The molecule has 0 saturated heterocycles. The maximum atomic E-state index is 2.37. The van der Waals surface area contributed by atoms with Gasteiger partial charge >= 0.3 is 0 Å². The van der Waals surface area contributed by atoms with Crippen molar-refractivity contribution in [3.63, 3.8) is 0 Å². The zero-order valence-corrected chi connectivity index (χ0v) is 24.2. The zero-order valence-electron chi connectivity index (χ0n) is 24.2. The molecule has 0 aliphatic heterocycles. The second-order valence-corrected chi connectivity index (χ2v) is 11.7. The number of benzene rings is 7. The van der Waals surface area contributed by atoms with Crippen molar-refractivity contribution in [2.45, 2.75) is 5.41 Å². The molecule has 0 amide bonds. The van der Waals surface area contributed by atoms with Gasteiger partial charge in [0.25, 0.3) is 0 Å². The highest BCUT2D eigenvalue weighted by Gasteiger charge is 2.45. The highest BCUT2D eigenvalue weighted by atomic mass is 15.0. The van der Waals surface area contributed by atoms with Gasteiger partial charge < -0.3 is 4.57 Å². The van der Waals surface area contributed by atoms with Gasteiger partial charge in [0.2, 0.25) is 0 Å². The summed E-state index contributed by atoms with van der Waals surface area (Å²) in [5, 5.41) is 2.57. The number of hydrogen-bond acceptors (Lipinski definition) is 0. The molecule has 0 saturated carbocycles. The lowest BCUT2D eigenvalue weighted by molar-refractivity contribution is 0.768. The van der Waals surface area contributed by atoms with Crippen LogP contribution in [0.4, 0.5) is 0 Å². The molecule has 1 aliphatic rings. The Balaban J connectivity index is 1.16. The molecule has 0 atom stereocenters. The number of rotatable bonds is 4. The summed E-state index contributed by atoms with van der Waals surface area (Å²) < 4.78 is 2.37. The van der Waals surface area contributed by atoms with Crippen LogP contribution in [0.1, 0.15) is 22.3 Å². The van der Waals surface area contributed by atoms with Crippen LogP contribution in [0.25, 0.3) is 49.7 Å². The van der Waals surface area contributed by atoms with Crippen LogP contribution in [-0.2, 0) is 5.41 Å². The molecule has 1 aliphatic carbocycles. The van der Waals surface area contributed by atoms with Gasteiger partial charge in [-0.15, -0.1) is 0 Å². The molecule has 0 N–H and O–H groups in total. The molecule has 0 unspecified atom stereocenters. The molecule has 0 radical (unpaired) electrons. The Morgan fingerprint density at radius 2 is 0.773 bits per heavy atom. The van der Waals surface area contributed by atoms with E-state index < -0.39 is 0 Å². The molecular weight excluding hydrogens is 530 g/mol. The van der Waals surface area contributed by atoms with E-state index in [1.807, 2.05) is 0 Å². The first-order chi connectivity index (χ1) is 21.8. The monoisotopic (exact) mass is 559 g/mol. The highest BCUT2D eigenvalue weighted by molar-refractivity contribution is 6.09. The molecule has 9 rings (SSSR count). The van der Waals surface area contributed by atoms with Gasteiger partial charge in [-0.2, -0.15) is 0 Å². The van der Waals surface area contributed by atoms with Crippen molar-refractivity contribution in [3.05, 3.63) is 198 Å². The minimum Gasteiger partial charge on any atom is -0.309 e. The number of aromatic nitrogens is 1. The summed E-state index contributed by atoms with van der Waals surface area (Å²) in [4.78, 5) is 0. The Hall–Kier alpha value is -5.66. The molecule has 1 heterocycles. The molecule has 1 aromatic heterocycles. The van der Waals surface area contributed by atoms with Crippen molar-refractivity contribution in [2.75, 3.05) is 0 Å². The van der Waals surface area contributed by atoms with Crippen LogP contribution in [0.3, 0.4) is 0 Å². The smallest absolute Gasteiger partial charge is 0.0713 e. The average Bonchev–Trinajstić information content (AvgIpc) is 3.60. The molecule has 0 spiro atoms. The second kappa shape index (κ2) is 9.69. The fourth-order valence-electron chi connectivity index (χ4n) is 7.63. The summed E-state index contributed by atoms with van der Waals surface area (Å²) in [6.45, 7) is 0. The second-order valence-electron chi connectivity index (χ2n) is 11.7. The normalized spacial score (nSPS) is 13.2. The summed E-state index contributed by atoms with van der Waals surface area (Å²) in [6, 6.07) is 64.4. The predicted molar refractivity (Wildman–Crippen MR) is 184 cm³/mol. The molecule has 44 heavy (non-hydrogen) atoms. The third-order valence-corrected chi connectivity index (χ3v) is 9.52. The van der Waals surface area contributed by atoms with Gasteiger partial charge in [0, 0.05) is 16.5 Å². The fourth-order valence-corrected chi connectivity index (χ4v) is 7.63. The zero-order chi connectivity index (χ0) is 29.1. The topological polar surface area (TPSA) is 4.93 Å². The standard InChI is InChI=1S/C43H29N/c1-2-12-32(13-3-1)43(39-18-8-4-14-35(39)36-15-5-9-19-40(36)43)33-26-22-30(23-27-33)31-24-28-34(29-25-31)44-41-20-10-6-16-37(41)38-17-7-11-21-42(38)44/h1-29H. The van der Waals surface area contributed by atoms with E-state index >= 15 is 0 Å². The summed E-state index contributed by atoms with van der Waals surface area (Å²) >= 11 is 0. The highest BCUT2D eigenvalue weighted by Crippen LogP contribution is 2.56. The Labute approximate surface area is 257 Å². The van der Waals surface area contributed by atoms with Crippen LogP contribution in [-0.4, -0.2) is 4.57 Å². The van der Waals surface area contributed by atoms with Crippen molar-refractivity contribution in [1.82, 2.24) is 4.57 Å². The summed E-state index contributed by atoms with van der Waals surface area (Å²) in [6.07, 6.45) is 0. The number of para-hydroxylation sites is 2. The molecule has 1 heteroatoms. The van der Waals surface area contributed by atoms with Crippen LogP contribution >= 0.6 is 0 Å². The first kappa shape index (κ1) is 24.9. The van der Waals surface area contributed by atoms with Gasteiger partial charge in [0.05, 0.1) is 16.4 Å². The third kappa shape index (κ3) is 3.47. The number of nitrogens with zero attached hydrogens (tertiary/aromatic N) is 1. The van der Waals surface area contributed by atoms with Gasteiger partial charge in [-0.3, -0.25) is 0 Å². The fraction of sp³-hybridized carbons (Fsp3) is 0.0233. The van der Waals surface area contributed by atoms with E-state index in [1.165, 1.54) is 72.0 Å². The summed E-state index contributed by atoms with van der Waals surface area (Å²) in [5.41, 5.74) is 13.6. The van der Waals surface area contributed by atoms with Gasteiger partial charge in [-0.25, -0.2) is 0 Å². The van der Waals surface area contributed by atoms with Gasteiger partial charge in [-0.1, -0.05) is 152 Å². The first-order valence-corrected chi connectivity index (χ1v) is 15.3. The predicted octanol–water partition coefficient (Wildman–Crippen LogP) is 10.8. The molecule has 0 bridgehead atoms. The Morgan fingerprint density at radius 1 is 0.341 bits per heavy atom. The van der Waals surface area contributed by atoms with Gasteiger partial charge in [-0.05, 0) is 68.8 Å². The lowest BCUT2D eigenvalue weighted by Crippen LogP contribution is -2.28. The van der Waals surface area contributed by atoms with Crippen LogP contribution in [0.15, 0.2) is 176 Å². The average molecular weight is 560 g/mol. The van der Waals surface area contributed by atoms with E-state index in [0.717, 1.165) is 0 Å². The van der Waals surface area contributed by atoms with Crippen LogP contribution in [0.5, 0.6) is 0 Å². The minimum atomic E-state index is -0.368. The van der Waals surface area contributed by atoms with E-state index in [4.69, 9.17) is 0 Å². The maximum Gasteiger partial charge on any atom is 0.0713 e. The van der Waals surface area contributed by atoms with Crippen molar-refractivity contribution >= 4 is 21.8 Å². The van der Waals surface area contributed by atoms with Crippen LogP contribution in [0, 0.1) is 0 Å². The summed E-state index contributed by atoms with van der Waals surface area (Å²) in [5.74, 6) is 0. The van der Waals surface area contributed by atoms with Crippen molar-refractivity contribution in [1.29, 1.82) is 0 Å². The van der Waals surface area contributed by atoms with E-state index in [0.29, 0.717) is 0 Å². The van der Waals surface area contributed by atoms with E-state index in [9.17, 15) is 0 Å². The van der Waals surface area contributed by atoms with Gasteiger partial charge in [0.1, 0.15) is 0 Å². The molecule has 8 aromatic rings. The molecule has 7 aromatic carbocycles. The molecular formula is C43H29N. The molecule has 206 valence electrons. The molecule has 1 nitrogen and oxygen atoms in total. The van der Waals surface area contributed by atoms with E-state index in [1.54, 1.807) is 0 Å². The Morgan fingerprint density at radius 3 is 1.34 bits per heavy atom. The minimum absolute atomic E-state index is 0.368. The number of fused-ring (bicyclic) bond motifs is 6. The number of hydrogen-bond donors (Lipinski definition) is 0. The van der Waals surface area contributed by atoms with Gasteiger partial charge in [0.15, 0.2) is 0 Å². The molecule has 0 fully saturated rings.